The highest BCUT2D eigenvalue weighted by Gasteiger charge is 2.36. The van der Waals surface area contributed by atoms with Crippen molar-refractivity contribution in [1.29, 1.82) is 0 Å². The molecule has 2 aliphatic rings. The van der Waals surface area contributed by atoms with Crippen LogP contribution in [0.3, 0.4) is 0 Å². The number of nitrogens with zero attached hydrogens (tertiary/aromatic N) is 3. The number of rotatable bonds is 3. The molecule has 0 fully saturated rings. The number of anilines is 2. The summed E-state index contributed by atoms with van der Waals surface area (Å²) in [6.07, 6.45) is 6.89. The number of thiophene rings is 1. The Kier molecular flexibility index (Phi) is 5.84. The van der Waals surface area contributed by atoms with Crippen LogP contribution in [-0.2, 0) is 19.4 Å². The zero-order valence-corrected chi connectivity index (χ0v) is 21.9. The molecule has 36 heavy (non-hydrogen) atoms. The van der Waals surface area contributed by atoms with Gasteiger partial charge >= 0.3 is 6.03 Å². The second kappa shape index (κ2) is 9.17. The van der Waals surface area contributed by atoms with Gasteiger partial charge in [-0.2, -0.15) is 0 Å². The molecule has 1 N–H and O–H groups in total. The third-order valence-electron chi connectivity index (χ3n) is 7.55. The predicted octanol–water partition coefficient (Wildman–Crippen LogP) is 6.93. The number of nitrogens with one attached hydrogen (secondary N) is 1. The molecule has 0 bridgehead atoms. The Morgan fingerprint density at radius 3 is 2.53 bits per heavy atom. The Hall–Kier alpha value is -3.51. The minimum Gasteiger partial charge on any atom is -0.378 e. The smallest absolute Gasteiger partial charge is 0.322 e. The van der Waals surface area contributed by atoms with Crippen LogP contribution in [0.5, 0.6) is 0 Å². The van der Waals surface area contributed by atoms with Crippen molar-refractivity contribution in [3.05, 3.63) is 99.7 Å². The predicted molar refractivity (Wildman–Crippen MR) is 149 cm³/mol. The van der Waals surface area contributed by atoms with Crippen molar-refractivity contribution in [1.82, 2.24) is 9.47 Å². The van der Waals surface area contributed by atoms with Gasteiger partial charge in [0.05, 0.1) is 18.3 Å². The lowest BCUT2D eigenvalue weighted by molar-refractivity contribution is 0.194. The minimum absolute atomic E-state index is 0.0673. The molecule has 5 nitrogen and oxygen atoms in total. The maximum Gasteiger partial charge on any atom is 0.322 e. The lowest BCUT2D eigenvalue weighted by Crippen LogP contribution is -2.38. The molecular formula is C30H32N4OS. The van der Waals surface area contributed by atoms with Crippen LogP contribution < -0.4 is 10.2 Å². The maximum absolute atomic E-state index is 14.1. The Labute approximate surface area is 217 Å². The first-order valence-electron chi connectivity index (χ1n) is 12.7. The fraction of sp³-hybridized carbons (Fsp3) is 0.300. The van der Waals surface area contributed by atoms with Crippen LogP contribution >= 0.6 is 11.3 Å². The number of carbonyl (C=O) groups excluding carboxylic acids is 1. The van der Waals surface area contributed by atoms with E-state index in [9.17, 15) is 4.79 Å². The van der Waals surface area contributed by atoms with Crippen LogP contribution in [0.4, 0.5) is 16.2 Å². The molecule has 0 saturated heterocycles. The maximum atomic E-state index is 14.1. The molecule has 184 valence electrons. The molecule has 0 saturated carbocycles. The molecule has 0 spiro atoms. The van der Waals surface area contributed by atoms with E-state index in [4.69, 9.17) is 0 Å². The number of aromatic nitrogens is 1. The van der Waals surface area contributed by atoms with Crippen LogP contribution in [0.2, 0.25) is 0 Å². The zero-order chi connectivity index (χ0) is 24.8. The van der Waals surface area contributed by atoms with E-state index in [1.165, 1.54) is 33.8 Å². The van der Waals surface area contributed by atoms with Gasteiger partial charge in [-0.1, -0.05) is 30.3 Å². The number of hydrogen-bond acceptors (Lipinski definition) is 3. The number of carbonyl (C=O) groups is 1. The largest absolute Gasteiger partial charge is 0.378 e. The summed E-state index contributed by atoms with van der Waals surface area (Å²) < 4.78 is 2.34. The fourth-order valence-corrected chi connectivity index (χ4v) is 7.00. The highest BCUT2D eigenvalue weighted by molar-refractivity contribution is 7.15. The molecule has 2 aromatic carbocycles. The van der Waals surface area contributed by atoms with Crippen LogP contribution in [0.25, 0.3) is 5.00 Å². The molecule has 0 unspecified atom stereocenters. The van der Waals surface area contributed by atoms with E-state index in [1.54, 1.807) is 0 Å². The molecule has 2 amide bonds. The number of fused-ring (bicyclic) bond motifs is 5. The topological polar surface area (TPSA) is 40.5 Å². The zero-order valence-electron chi connectivity index (χ0n) is 21.1. The monoisotopic (exact) mass is 496 g/mol. The highest BCUT2D eigenvalue weighted by Crippen LogP contribution is 2.44. The third-order valence-corrected chi connectivity index (χ3v) is 8.89. The Balaban J connectivity index is 1.49. The molecule has 6 rings (SSSR count). The van der Waals surface area contributed by atoms with E-state index in [2.05, 4.69) is 71.5 Å². The Morgan fingerprint density at radius 2 is 1.75 bits per heavy atom. The first kappa shape index (κ1) is 22.9. The summed E-state index contributed by atoms with van der Waals surface area (Å²) in [4.78, 5) is 19.7. The normalized spacial score (nSPS) is 16.5. The molecular weight excluding hydrogens is 464 g/mol. The van der Waals surface area contributed by atoms with Gasteiger partial charge in [-0.15, -0.1) is 11.3 Å². The summed E-state index contributed by atoms with van der Waals surface area (Å²) in [6.45, 7) is 2.63. The van der Waals surface area contributed by atoms with Crippen molar-refractivity contribution in [3.8, 4) is 5.00 Å². The van der Waals surface area contributed by atoms with E-state index in [-0.39, 0.29) is 12.1 Å². The molecule has 6 heteroatoms. The van der Waals surface area contributed by atoms with Crippen LogP contribution in [0.15, 0.2) is 66.9 Å². The molecule has 1 aliphatic heterocycles. The van der Waals surface area contributed by atoms with Crippen LogP contribution in [0.1, 0.15) is 51.7 Å². The third kappa shape index (κ3) is 3.90. The minimum atomic E-state index is -0.195. The molecule has 0 radical (unpaired) electrons. The molecule has 3 heterocycles. The summed E-state index contributed by atoms with van der Waals surface area (Å²) in [5.41, 5.74) is 8.10. The summed E-state index contributed by atoms with van der Waals surface area (Å²) in [5, 5.41) is 4.52. The van der Waals surface area contributed by atoms with E-state index < -0.39 is 0 Å². The van der Waals surface area contributed by atoms with Gasteiger partial charge in [0, 0.05) is 42.1 Å². The van der Waals surface area contributed by atoms with Gasteiger partial charge in [0.1, 0.15) is 5.00 Å². The van der Waals surface area contributed by atoms with E-state index in [1.807, 2.05) is 47.4 Å². The lowest BCUT2D eigenvalue weighted by atomic mass is 9.95. The fourth-order valence-electron chi connectivity index (χ4n) is 5.59. The van der Waals surface area contributed by atoms with Gasteiger partial charge in [0.2, 0.25) is 0 Å². The Morgan fingerprint density at radius 1 is 0.972 bits per heavy atom. The molecule has 4 aromatic rings. The van der Waals surface area contributed by atoms with Crippen molar-refractivity contribution in [3.63, 3.8) is 0 Å². The van der Waals surface area contributed by atoms with Crippen molar-refractivity contribution in [2.45, 2.75) is 45.2 Å². The number of benzene rings is 2. The number of hydrogen-bond donors (Lipinski definition) is 1. The van der Waals surface area contributed by atoms with Gasteiger partial charge in [-0.05, 0) is 79.6 Å². The second-order valence-corrected chi connectivity index (χ2v) is 11.1. The SMILES string of the molecule is Cc1ccccc1NC(=O)N1Cc2c(sc3c2CCCC3)-n2cccc2[C@@H]1c1ccc(N(C)C)cc1. The average Bonchev–Trinajstić information content (AvgIpc) is 3.47. The standard InChI is InChI=1S/C30H32N4OS/c1-20-9-4-6-11-25(20)31-30(35)34-19-24-23-10-5-7-13-27(23)36-29(24)33-18-8-12-26(33)28(34)21-14-16-22(17-15-21)32(2)3/h4,6,8-9,11-12,14-18,28H,5,7,10,13,19H2,1-3H3,(H,31,35)/t28-/m0/s1. The van der Waals surface area contributed by atoms with Crippen molar-refractivity contribution in [2.24, 2.45) is 0 Å². The van der Waals surface area contributed by atoms with E-state index >= 15 is 0 Å². The number of aryl methyl sites for hydroxylation is 2. The average molecular weight is 497 g/mol. The van der Waals surface area contributed by atoms with Gasteiger partial charge in [0.25, 0.3) is 0 Å². The number of amides is 2. The summed E-state index contributed by atoms with van der Waals surface area (Å²) >= 11 is 1.92. The van der Waals surface area contributed by atoms with Gasteiger partial charge in [0.15, 0.2) is 0 Å². The van der Waals surface area contributed by atoms with Crippen LogP contribution in [-0.4, -0.2) is 29.6 Å². The quantitative estimate of drug-likeness (QED) is 0.334. The number of para-hydroxylation sites is 1. The second-order valence-electron chi connectivity index (χ2n) is 10.1. The van der Waals surface area contributed by atoms with Gasteiger partial charge in [-0.25, -0.2) is 4.79 Å². The van der Waals surface area contributed by atoms with Crippen molar-refractivity contribution >= 4 is 28.7 Å². The van der Waals surface area contributed by atoms with E-state index in [0.717, 1.165) is 41.0 Å². The van der Waals surface area contributed by atoms with Crippen molar-refractivity contribution < 1.29 is 4.79 Å². The molecule has 2 aromatic heterocycles. The highest BCUT2D eigenvalue weighted by atomic mass is 32.1. The molecule has 1 atom stereocenters. The molecule has 1 aliphatic carbocycles. The van der Waals surface area contributed by atoms with Gasteiger partial charge in [-0.3, -0.25) is 0 Å². The van der Waals surface area contributed by atoms with Gasteiger partial charge < -0.3 is 19.7 Å². The Bertz CT molecular complexity index is 1420. The van der Waals surface area contributed by atoms with E-state index in [0.29, 0.717) is 6.54 Å². The first-order valence-corrected chi connectivity index (χ1v) is 13.5. The first-order chi connectivity index (χ1) is 17.5. The summed E-state index contributed by atoms with van der Waals surface area (Å²) in [6, 6.07) is 20.6. The van der Waals surface area contributed by atoms with Crippen LogP contribution in [0, 0.1) is 6.92 Å². The summed E-state index contributed by atoms with van der Waals surface area (Å²) in [5.74, 6) is 0. The lowest BCUT2D eigenvalue weighted by Gasteiger charge is -2.32. The number of urea groups is 1. The summed E-state index contributed by atoms with van der Waals surface area (Å²) in [7, 11) is 4.10. The van der Waals surface area contributed by atoms with Crippen molar-refractivity contribution in [2.75, 3.05) is 24.3 Å².